The fraction of sp³-hybridized carbons (Fsp3) is 0.480. The zero-order chi connectivity index (χ0) is 45.4. The molecule has 3 saturated heterocycles. The van der Waals surface area contributed by atoms with Gasteiger partial charge in [0.05, 0.1) is 55.0 Å². The molecule has 3 aliphatic heterocycles. The second-order valence-corrected chi connectivity index (χ2v) is 19.8. The smallest absolute Gasteiger partial charge is 0.407 e. The standard InChI is InChI=1S/C50H58N8O7/c1-27(2)39(55-47(61)63-5)45(59)57-24-49(17-18-49)22-37(57)43-51-35-14-10-31-20-29(8-12-33(31)41(35)53-43)30-9-13-34-32(21-30)11-15-36-42(34)54-44(52-36)38-23-50(16-7-19-65-26-50)25-58(38)46(60)40(28(3)4)56-48(62)64-6/h8-15,20-21,27-28,37-40H,7,16-19,22-26H2,1-6H3,(H,51,53)(H,52,54)(H,55,61)(H,56,62)/t37-,38-,39-,40-,50-/m0/s1. The second-order valence-electron chi connectivity index (χ2n) is 19.8. The summed E-state index contributed by atoms with van der Waals surface area (Å²) >= 11 is 0. The lowest BCUT2D eigenvalue weighted by molar-refractivity contribution is -0.136. The lowest BCUT2D eigenvalue weighted by Gasteiger charge is -2.33. The molecule has 2 aromatic heterocycles. The molecule has 0 unspecified atom stereocenters. The van der Waals surface area contributed by atoms with Crippen LogP contribution in [0, 0.1) is 22.7 Å². The number of alkyl carbamates (subject to hydrolysis) is 2. The number of nitrogens with one attached hydrogen (secondary N) is 4. The number of aromatic nitrogens is 4. The van der Waals surface area contributed by atoms with Crippen molar-refractivity contribution in [2.45, 2.75) is 90.4 Å². The summed E-state index contributed by atoms with van der Waals surface area (Å²) in [5.41, 5.74) is 5.56. The summed E-state index contributed by atoms with van der Waals surface area (Å²) in [6.45, 7) is 10.2. The van der Waals surface area contributed by atoms with Crippen molar-refractivity contribution in [1.82, 2.24) is 40.4 Å². The van der Waals surface area contributed by atoms with E-state index >= 15 is 0 Å². The molecule has 65 heavy (non-hydrogen) atoms. The molecule has 0 bridgehead atoms. The van der Waals surface area contributed by atoms with Crippen LogP contribution in [0.3, 0.4) is 0 Å². The van der Waals surface area contributed by atoms with E-state index in [2.05, 4.69) is 81.3 Å². The highest BCUT2D eigenvalue weighted by Crippen LogP contribution is 2.58. The minimum Gasteiger partial charge on any atom is -0.453 e. The fourth-order valence-corrected chi connectivity index (χ4v) is 10.9. The maximum Gasteiger partial charge on any atom is 0.407 e. The lowest BCUT2D eigenvalue weighted by atomic mass is 9.80. The number of fused-ring (bicyclic) bond motifs is 6. The predicted octanol–water partition coefficient (Wildman–Crippen LogP) is 8.30. The Labute approximate surface area is 377 Å². The van der Waals surface area contributed by atoms with E-state index in [0.29, 0.717) is 26.1 Å². The highest BCUT2D eigenvalue weighted by Gasteiger charge is 2.55. The van der Waals surface area contributed by atoms with Crippen molar-refractivity contribution in [2.75, 3.05) is 40.5 Å². The molecule has 5 atom stereocenters. The summed E-state index contributed by atoms with van der Waals surface area (Å²) in [6, 6.07) is 19.3. The average Bonchev–Trinajstić information content (AvgIpc) is 3.68. The fourth-order valence-electron chi connectivity index (χ4n) is 10.9. The zero-order valence-electron chi connectivity index (χ0n) is 38.0. The van der Waals surface area contributed by atoms with Gasteiger partial charge < -0.3 is 44.6 Å². The number of aromatic amines is 2. The van der Waals surface area contributed by atoms with Crippen LogP contribution >= 0.6 is 0 Å². The van der Waals surface area contributed by atoms with Gasteiger partial charge in [0, 0.05) is 35.9 Å². The van der Waals surface area contributed by atoms with Gasteiger partial charge in [-0.1, -0.05) is 64.1 Å². The molecular weight excluding hydrogens is 825 g/mol. The number of rotatable bonds is 9. The van der Waals surface area contributed by atoms with E-state index in [0.717, 1.165) is 105 Å². The van der Waals surface area contributed by atoms with Crippen LogP contribution in [0.4, 0.5) is 9.59 Å². The van der Waals surface area contributed by atoms with Gasteiger partial charge >= 0.3 is 12.2 Å². The normalized spacial score (nSPS) is 22.5. The van der Waals surface area contributed by atoms with Crippen molar-refractivity contribution in [3.8, 4) is 11.1 Å². The van der Waals surface area contributed by atoms with E-state index in [1.54, 1.807) is 0 Å². The van der Waals surface area contributed by atoms with Crippen LogP contribution in [0.15, 0.2) is 60.7 Å². The molecule has 0 radical (unpaired) electrons. The Morgan fingerprint density at radius 1 is 0.677 bits per heavy atom. The van der Waals surface area contributed by atoms with E-state index < -0.39 is 24.3 Å². The van der Waals surface area contributed by atoms with Gasteiger partial charge in [-0.3, -0.25) is 9.59 Å². The molecular formula is C50H58N8O7. The van der Waals surface area contributed by atoms with Crippen LogP contribution in [-0.2, 0) is 23.8 Å². The maximum atomic E-state index is 14.3. The molecule has 1 saturated carbocycles. The van der Waals surface area contributed by atoms with Crippen molar-refractivity contribution in [3.05, 3.63) is 72.3 Å². The van der Waals surface area contributed by atoms with Gasteiger partial charge in [-0.15, -0.1) is 0 Å². The molecule has 15 heteroatoms. The summed E-state index contributed by atoms with van der Waals surface area (Å²) in [5.74, 6) is 0.961. The Bertz CT molecular complexity index is 2860. The quantitative estimate of drug-likeness (QED) is 0.111. The number of carbonyl (C=O) groups is 4. The molecule has 6 aromatic rings. The predicted molar refractivity (Wildman–Crippen MR) is 247 cm³/mol. The van der Waals surface area contributed by atoms with E-state index in [-0.39, 0.29) is 46.6 Å². The Morgan fingerprint density at radius 3 is 1.58 bits per heavy atom. The summed E-state index contributed by atoms with van der Waals surface area (Å²) in [7, 11) is 2.61. The number of H-pyrrole nitrogens is 2. The summed E-state index contributed by atoms with van der Waals surface area (Å²) in [5, 5.41) is 9.68. The van der Waals surface area contributed by atoms with E-state index in [4.69, 9.17) is 24.2 Å². The van der Waals surface area contributed by atoms with Gasteiger partial charge in [0.1, 0.15) is 23.7 Å². The summed E-state index contributed by atoms with van der Waals surface area (Å²) in [4.78, 5) is 74.3. The Kier molecular flexibility index (Phi) is 10.7. The first-order valence-electron chi connectivity index (χ1n) is 23.0. The number of carbonyl (C=O) groups excluding carboxylic acids is 4. The van der Waals surface area contributed by atoms with Gasteiger partial charge in [-0.05, 0) is 102 Å². The van der Waals surface area contributed by atoms with Crippen LogP contribution < -0.4 is 10.6 Å². The number of nitrogens with zero attached hydrogens (tertiary/aromatic N) is 4. The first-order chi connectivity index (χ1) is 31.3. The van der Waals surface area contributed by atoms with Crippen molar-refractivity contribution in [1.29, 1.82) is 0 Å². The number of amides is 4. The summed E-state index contributed by atoms with van der Waals surface area (Å²) < 4.78 is 15.7. The molecule has 15 nitrogen and oxygen atoms in total. The Morgan fingerprint density at radius 2 is 1.15 bits per heavy atom. The minimum absolute atomic E-state index is 0.0997. The highest BCUT2D eigenvalue weighted by atomic mass is 16.5. The average molecular weight is 883 g/mol. The molecule has 4 amide bonds. The molecule has 4 aliphatic rings. The highest BCUT2D eigenvalue weighted by molar-refractivity contribution is 6.07. The third kappa shape index (κ3) is 7.70. The molecule has 10 rings (SSSR count). The van der Waals surface area contributed by atoms with Gasteiger partial charge in [-0.25, -0.2) is 19.6 Å². The monoisotopic (exact) mass is 882 g/mol. The van der Waals surface area contributed by atoms with Gasteiger partial charge in [-0.2, -0.15) is 0 Å². The number of benzene rings is 4. The number of likely N-dealkylation sites (tertiary alicyclic amines) is 2. The number of hydrogen-bond acceptors (Lipinski definition) is 9. The zero-order valence-corrected chi connectivity index (χ0v) is 38.0. The van der Waals surface area contributed by atoms with Crippen LogP contribution in [0.25, 0.3) is 54.7 Å². The van der Waals surface area contributed by atoms with Crippen LogP contribution in [-0.4, -0.2) is 106 Å². The molecule has 2 spiro atoms. The summed E-state index contributed by atoms with van der Waals surface area (Å²) in [6.07, 6.45) is 4.35. The van der Waals surface area contributed by atoms with Crippen LogP contribution in [0.5, 0.6) is 0 Å². The Hall–Kier alpha value is -6.22. The van der Waals surface area contributed by atoms with E-state index in [1.165, 1.54) is 14.2 Å². The van der Waals surface area contributed by atoms with Crippen LogP contribution in [0.1, 0.15) is 90.0 Å². The molecule has 340 valence electrons. The SMILES string of the molecule is COC(=O)N[C@H](C(=O)N1CC2(CC2)C[C@H]1c1nc2c(ccc3cc(-c4ccc5c(ccc6[nH]c([C@@H]7C[C@@]8(CCCOC8)CN7C(=O)[C@@H](NC(=O)OC)C(C)C)nc65)c4)ccc32)[nH]1)C(C)C. The third-order valence-corrected chi connectivity index (χ3v) is 14.7. The first-order valence-corrected chi connectivity index (χ1v) is 23.0. The number of hydrogen-bond donors (Lipinski definition) is 4. The maximum absolute atomic E-state index is 14.3. The number of methoxy groups -OCH3 is 2. The van der Waals surface area contributed by atoms with Gasteiger partial charge in [0.15, 0.2) is 0 Å². The minimum atomic E-state index is -0.747. The van der Waals surface area contributed by atoms with Crippen molar-refractivity contribution >= 4 is 67.6 Å². The van der Waals surface area contributed by atoms with Crippen molar-refractivity contribution in [3.63, 3.8) is 0 Å². The lowest BCUT2D eigenvalue weighted by Crippen LogP contribution is -2.51. The topological polar surface area (TPSA) is 184 Å². The van der Waals surface area contributed by atoms with Gasteiger partial charge in [0.2, 0.25) is 11.8 Å². The molecule has 5 heterocycles. The third-order valence-electron chi connectivity index (χ3n) is 14.7. The Balaban J connectivity index is 0.936. The number of ether oxygens (including phenoxy) is 3. The first kappa shape index (κ1) is 42.7. The van der Waals surface area contributed by atoms with Crippen molar-refractivity contribution < 1.29 is 33.4 Å². The molecule has 4 N–H and O–H groups in total. The number of imidazole rings is 2. The van der Waals surface area contributed by atoms with Crippen molar-refractivity contribution in [2.24, 2.45) is 22.7 Å². The van der Waals surface area contributed by atoms with E-state index in [1.807, 2.05) is 37.5 Å². The van der Waals surface area contributed by atoms with E-state index in [9.17, 15) is 19.2 Å². The molecule has 4 aromatic carbocycles. The molecule has 1 aliphatic carbocycles. The largest absolute Gasteiger partial charge is 0.453 e. The second kappa shape index (κ2) is 16.3. The van der Waals surface area contributed by atoms with Crippen LogP contribution in [0.2, 0.25) is 0 Å². The van der Waals surface area contributed by atoms with Gasteiger partial charge in [0.25, 0.3) is 0 Å². The molecule has 4 fully saturated rings.